The fraction of sp³-hybridized carbons (Fsp3) is 0.556. The van der Waals surface area contributed by atoms with Gasteiger partial charge in [-0.3, -0.25) is 14.7 Å². The molecule has 7 rings (SSSR count). The van der Waals surface area contributed by atoms with E-state index >= 15 is 0 Å². The maximum Gasteiger partial charge on any atom is 0.257 e. The summed E-state index contributed by atoms with van der Waals surface area (Å²) in [4.78, 5) is 35.6. The molecule has 1 spiro atoms. The number of hydrogen-bond donors (Lipinski definition) is 0. The number of amides is 1. The molecule has 0 N–H and O–H groups in total. The molecule has 0 atom stereocenters. The van der Waals surface area contributed by atoms with Crippen molar-refractivity contribution >= 4 is 11.7 Å². The van der Waals surface area contributed by atoms with Crippen LogP contribution in [0.2, 0.25) is 0 Å². The Kier molecular flexibility index (Phi) is 8.55. The average molecular weight is 644 g/mol. The second-order valence-corrected chi connectivity index (χ2v) is 14.3. The smallest absolute Gasteiger partial charge is 0.257 e. The third-order valence-corrected chi connectivity index (χ3v) is 10.7. The molecule has 11 heteroatoms. The van der Waals surface area contributed by atoms with Gasteiger partial charge in [0.2, 0.25) is 0 Å². The zero-order valence-electron chi connectivity index (χ0n) is 28.2. The van der Waals surface area contributed by atoms with Gasteiger partial charge in [0.15, 0.2) is 11.6 Å². The Morgan fingerprint density at radius 3 is 2.62 bits per heavy atom. The highest BCUT2D eigenvalue weighted by atomic mass is 19.1. The van der Waals surface area contributed by atoms with Crippen LogP contribution in [0, 0.1) is 11.2 Å². The molecule has 0 unspecified atom stereocenters. The van der Waals surface area contributed by atoms with Crippen LogP contribution in [0.15, 0.2) is 43.0 Å². The number of ether oxygens (including phenoxy) is 2. The first kappa shape index (κ1) is 31.8. The third kappa shape index (κ3) is 6.15. The largest absolute Gasteiger partial charge is 0.490 e. The van der Waals surface area contributed by atoms with E-state index in [4.69, 9.17) is 14.5 Å². The second-order valence-electron chi connectivity index (χ2n) is 14.3. The number of fused-ring (bicyclic) bond motifs is 1. The van der Waals surface area contributed by atoms with Gasteiger partial charge in [0, 0.05) is 80.1 Å². The number of carbonyl (C=O) groups is 1. The molecule has 1 aromatic carbocycles. The van der Waals surface area contributed by atoms with E-state index in [9.17, 15) is 9.18 Å². The molecule has 2 aromatic heterocycles. The van der Waals surface area contributed by atoms with Crippen LogP contribution in [0.3, 0.4) is 0 Å². The summed E-state index contributed by atoms with van der Waals surface area (Å²) < 4.78 is 27.2. The first-order chi connectivity index (χ1) is 22.6. The van der Waals surface area contributed by atoms with Gasteiger partial charge in [-0.25, -0.2) is 14.4 Å². The summed E-state index contributed by atoms with van der Waals surface area (Å²) >= 11 is 0. The molecule has 0 bridgehead atoms. The van der Waals surface area contributed by atoms with Gasteiger partial charge in [0.05, 0.1) is 11.8 Å². The maximum atomic E-state index is 14.3. The quantitative estimate of drug-likeness (QED) is 0.297. The Balaban J connectivity index is 0.980. The predicted molar refractivity (Wildman–Crippen MR) is 177 cm³/mol. The van der Waals surface area contributed by atoms with E-state index in [0.717, 1.165) is 51.2 Å². The summed E-state index contributed by atoms with van der Waals surface area (Å²) in [6, 6.07) is 7.40. The van der Waals surface area contributed by atoms with Crippen molar-refractivity contribution in [1.82, 2.24) is 29.7 Å². The molecule has 3 fully saturated rings. The summed E-state index contributed by atoms with van der Waals surface area (Å²) in [6.07, 6.45) is 10.6. The van der Waals surface area contributed by atoms with Gasteiger partial charge in [-0.1, -0.05) is 0 Å². The summed E-state index contributed by atoms with van der Waals surface area (Å²) in [5.74, 6) is 1.63. The Morgan fingerprint density at radius 1 is 1.11 bits per heavy atom. The minimum absolute atomic E-state index is 0.0333. The Labute approximate surface area is 276 Å². The number of carbonyl (C=O) groups excluding carboxylic acids is 1. The van der Waals surface area contributed by atoms with Gasteiger partial charge < -0.3 is 24.2 Å². The summed E-state index contributed by atoms with van der Waals surface area (Å²) in [5.41, 5.74) is 2.80. The number of anilines is 1. The highest BCUT2D eigenvalue weighted by Gasteiger charge is 2.54. The molecule has 2 aliphatic heterocycles. The van der Waals surface area contributed by atoms with Crippen molar-refractivity contribution in [2.45, 2.75) is 83.6 Å². The van der Waals surface area contributed by atoms with Crippen molar-refractivity contribution in [2.75, 3.05) is 45.2 Å². The fourth-order valence-electron chi connectivity index (χ4n) is 7.87. The molecule has 1 saturated heterocycles. The van der Waals surface area contributed by atoms with Gasteiger partial charge in [-0.2, -0.15) is 0 Å². The average Bonchev–Trinajstić information content (AvgIpc) is 2.98. The molecule has 2 aliphatic carbocycles. The molecule has 2 saturated carbocycles. The Hall–Kier alpha value is -3.83. The Bertz CT molecular complexity index is 1610. The van der Waals surface area contributed by atoms with Crippen LogP contribution >= 0.6 is 0 Å². The van der Waals surface area contributed by atoms with Crippen molar-refractivity contribution in [1.29, 1.82) is 0 Å². The lowest BCUT2D eigenvalue weighted by atomic mass is 9.61. The first-order valence-electron chi connectivity index (χ1n) is 17.0. The summed E-state index contributed by atoms with van der Waals surface area (Å²) in [5, 5.41) is 0. The lowest BCUT2D eigenvalue weighted by molar-refractivity contribution is -0.0357. The lowest BCUT2D eigenvalue weighted by Gasteiger charge is -2.59. The minimum atomic E-state index is -0.488. The van der Waals surface area contributed by atoms with Crippen molar-refractivity contribution < 1.29 is 18.7 Å². The monoisotopic (exact) mass is 643 g/mol. The SMILES string of the molecule is CCN(C(=O)c1cc(F)ccc1Oc1cncnc1N1CC2(CC(Oc3ccnc4c3CN(C3CC(N(C)C)C3)CC4)C2)C1)C(C)C. The van der Waals surface area contributed by atoms with Crippen LogP contribution in [0.4, 0.5) is 10.2 Å². The summed E-state index contributed by atoms with van der Waals surface area (Å²) in [6.45, 7) is 9.95. The molecular weight excluding hydrogens is 597 g/mol. The number of benzene rings is 1. The van der Waals surface area contributed by atoms with E-state index in [1.807, 2.05) is 33.0 Å². The van der Waals surface area contributed by atoms with Gasteiger partial charge in [0.25, 0.3) is 5.91 Å². The minimum Gasteiger partial charge on any atom is -0.490 e. The number of nitrogens with zero attached hydrogens (tertiary/aromatic N) is 7. The lowest BCUT2D eigenvalue weighted by Crippen LogP contribution is -2.65. The van der Waals surface area contributed by atoms with Crippen LogP contribution in [-0.4, -0.2) is 100 Å². The topological polar surface area (TPSA) is 87.2 Å². The van der Waals surface area contributed by atoms with Gasteiger partial charge >= 0.3 is 0 Å². The van der Waals surface area contributed by atoms with Crippen LogP contribution in [0.5, 0.6) is 17.2 Å². The highest BCUT2D eigenvalue weighted by molar-refractivity contribution is 5.97. The van der Waals surface area contributed by atoms with Crippen LogP contribution in [0.25, 0.3) is 0 Å². The molecule has 4 heterocycles. The zero-order valence-corrected chi connectivity index (χ0v) is 28.2. The molecule has 47 heavy (non-hydrogen) atoms. The van der Waals surface area contributed by atoms with Gasteiger partial charge in [0.1, 0.15) is 29.7 Å². The van der Waals surface area contributed by atoms with Gasteiger partial charge in [-0.05, 0) is 84.8 Å². The van der Waals surface area contributed by atoms with E-state index in [1.165, 1.54) is 48.6 Å². The van der Waals surface area contributed by atoms with Crippen LogP contribution in [0.1, 0.15) is 68.1 Å². The molecule has 4 aliphatic rings. The first-order valence-corrected chi connectivity index (χ1v) is 17.0. The van der Waals surface area contributed by atoms with E-state index in [1.54, 1.807) is 11.1 Å². The second kappa shape index (κ2) is 12.6. The van der Waals surface area contributed by atoms with Crippen molar-refractivity contribution in [2.24, 2.45) is 5.41 Å². The maximum absolute atomic E-state index is 14.3. The summed E-state index contributed by atoms with van der Waals surface area (Å²) in [7, 11) is 4.35. The van der Waals surface area contributed by atoms with E-state index < -0.39 is 5.82 Å². The number of hydrogen-bond acceptors (Lipinski definition) is 9. The molecule has 250 valence electrons. The van der Waals surface area contributed by atoms with Crippen molar-refractivity contribution in [3.8, 4) is 17.2 Å². The highest BCUT2D eigenvalue weighted by Crippen LogP contribution is 2.52. The predicted octanol–water partition coefficient (Wildman–Crippen LogP) is 5.17. The molecule has 0 radical (unpaired) electrons. The molecule has 10 nitrogen and oxygen atoms in total. The van der Waals surface area contributed by atoms with Gasteiger partial charge in [-0.15, -0.1) is 0 Å². The number of aromatic nitrogens is 3. The normalized spacial score (nSPS) is 22.0. The standard InChI is InChI=1S/C36H46FN7O3/c1-6-44(23(2)3)35(45)28-13-24(37)7-8-31(28)47-33-18-38-22-40-34(33)43-20-36(21-43)16-27(17-36)46-32-9-11-39-30-10-12-42(19-29(30)32)26-14-25(15-26)41(4)5/h7-9,11,13,18,22-23,25-27H,6,10,12,14-17,19-21H2,1-5H3. The van der Waals surface area contributed by atoms with E-state index in [0.29, 0.717) is 30.2 Å². The fourth-order valence-corrected chi connectivity index (χ4v) is 7.87. The molecule has 1 amide bonds. The van der Waals surface area contributed by atoms with Crippen molar-refractivity contribution in [3.05, 3.63) is 65.6 Å². The number of rotatable bonds is 10. The molecule has 3 aromatic rings. The van der Waals surface area contributed by atoms with E-state index in [-0.39, 0.29) is 34.8 Å². The van der Waals surface area contributed by atoms with Crippen molar-refractivity contribution in [3.63, 3.8) is 0 Å². The number of halogens is 1. The third-order valence-electron chi connectivity index (χ3n) is 10.7. The van der Waals surface area contributed by atoms with E-state index in [2.05, 4.69) is 38.8 Å². The Morgan fingerprint density at radius 2 is 1.89 bits per heavy atom. The van der Waals surface area contributed by atoms with Crippen LogP contribution in [-0.2, 0) is 13.0 Å². The number of pyridine rings is 1. The zero-order chi connectivity index (χ0) is 32.9. The molecular formula is C36H46FN7O3. The van der Waals surface area contributed by atoms with Crippen LogP contribution < -0.4 is 14.4 Å².